The molecule has 2 aromatic carbocycles. The van der Waals surface area contributed by atoms with Gasteiger partial charge in [-0.3, -0.25) is 4.79 Å². The van der Waals surface area contributed by atoms with E-state index < -0.39 is 0 Å². The average Bonchev–Trinajstić information content (AvgIpc) is 3.00. The van der Waals surface area contributed by atoms with E-state index in [2.05, 4.69) is 22.4 Å². The molecular weight excluding hydrogens is 279 g/mol. The molecule has 3 aromatic rings. The van der Waals surface area contributed by atoms with Gasteiger partial charge in [-0.15, -0.1) is 0 Å². The first-order valence-electron chi connectivity index (χ1n) is 7.28. The van der Waals surface area contributed by atoms with Crippen molar-refractivity contribution in [1.29, 1.82) is 0 Å². The van der Waals surface area contributed by atoms with Crippen LogP contribution < -0.4 is 5.32 Å². The predicted molar refractivity (Wildman–Crippen MR) is 84.9 cm³/mol. The molecule has 0 bridgehead atoms. The Morgan fingerprint density at radius 3 is 2.64 bits per heavy atom. The first kappa shape index (κ1) is 14.3. The zero-order valence-electron chi connectivity index (χ0n) is 12.1. The molecule has 0 aliphatic rings. The Morgan fingerprint density at radius 1 is 1.05 bits per heavy atom. The van der Waals surface area contributed by atoms with Gasteiger partial charge in [0.25, 0.3) is 0 Å². The van der Waals surface area contributed by atoms with E-state index in [9.17, 15) is 9.18 Å². The summed E-state index contributed by atoms with van der Waals surface area (Å²) in [6.45, 7) is 0.425. The second-order valence-corrected chi connectivity index (χ2v) is 5.30. The highest BCUT2D eigenvalue weighted by Crippen LogP contribution is 2.15. The Kier molecular flexibility index (Phi) is 4.19. The summed E-state index contributed by atoms with van der Waals surface area (Å²) >= 11 is 0. The lowest BCUT2D eigenvalue weighted by Crippen LogP contribution is -2.22. The number of fused-ring (bicyclic) bond motifs is 1. The van der Waals surface area contributed by atoms with Gasteiger partial charge in [0.2, 0.25) is 5.91 Å². The lowest BCUT2D eigenvalue weighted by atomic mass is 10.1. The molecule has 22 heavy (non-hydrogen) atoms. The third-order valence-electron chi connectivity index (χ3n) is 3.66. The van der Waals surface area contributed by atoms with Crippen molar-refractivity contribution in [1.82, 2.24) is 10.3 Å². The minimum Gasteiger partial charge on any atom is -0.361 e. The number of aromatic nitrogens is 1. The fraction of sp³-hybridized carbons (Fsp3) is 0.167. The molecule has 0 saturated heterocycles. The van der Waals surface area contributed by atoms with E-state index in [4.69, 9.17) is 0 Å². The summed E-state index contributed by atoms with van der Waals surface area (Å²) in [5.41, 5.74) is 3.11. The van der Waals surface area contributed by atoms with Crippen LogP contribution in [0.4, 0.5) is 4.39 Å². The van der Waals surface area contributed by atoms with Gasteiger partial charge in [-0.2, -0.15) is 0 Å². The monoisotopic (exact) mass is 296 g/mol. The van der Waals surface area contributed by atoms with Crippen LogP contribution in [-0.2, 0) is 17.8 Å². The highest BCUT2D eigenvalue weighted by atomic mass is 19.1. The maximum absolute atomic E-state index is 12.8. The molecule has 0 radical (unpaired) electrons. The van der Waals surface area contributed by atoms with Crippen LogP contribution in [-0.4, -0.2) is 10.9 Å². The van der Waals surface area contributed by atoms with Crippen molar-refractivity contribution in [2.24, 2.45) is 0 Å². The summed E-state index contributed by atoms with van der Waals surface area (Å²) in [6.07, 6.45) is 3.04. The number of hydrogen-bond acceptors (Lipinski definition) is 1. The highest BCUT2D eigenvalue weighted by molar-refractivity contribution is 5.80. The van der Waals surface area contributed by atoms with Gasteiger partial charge < -0.3 is 10.3 Å². The van der Waals surface area contributed by atoms with Crippen LogP contribution in [0.2, 0.25) is 0 Å². The maximum atomic E-state index is 12.8. The first-order valence-corrected chi connectivity index (χ1v) is 7.28. The van der Waals surface area contributed by atoms with Crippen LogP contribution in [0, 0.1) is 5.82 Å². The number of aryl methyl sites for hydroxylation is 1. The molecular formula is C18H17FN2O. The number of aromatic amines is 1. The summed E-state index contributed by atoms with van der Waals surface area (Å²) in [5, 5.41) is 4.02. The zero-order chi connectivity index (χ0) is 15.4. The second kappa shape index (κ2) is 6.43. The molecule has 1 aromatic heterocycles. The Balaban J connectivity index is 1.50. The molecule has 1 heterocycles. The number of amides is 1. The van der Waals surface area contributed by atoms with E-state index in [1.165, 1.54) is 17.5 Å². The molecule has 4 heteroatoms. The Hall–Kier alpha value is -2.62. The topological polar surface area (TPSA) is 44.9 Å². The third-order valence-corrected chi connectivity index (χ3v) is 3.66. The average molecular weight is 296 g/mol. The summed E-state index contributed by atoms with van der Waals surface area (Å²) in [5.74, 6) is -0.273. The van der Waals surface area contributed by atoms with Crippen LogP contribution in [0.3, 0.4) is 0 Å². The van der Waals surface area contributed by atoms with Crippen LogP contribution in [0.15, 0.2) is 54.7 Å². The molecule has 3 nitrogen and oxygen atoms in total. The number of benzene rings is 2. The van der Waals surface area contributed by atoms with E-state index in [-0.39, 0.29) is 11.7 Å². The van der Waals surface area contributed by atoms with Gasteiger partial charge in [0.15, 0.2) is 0 Å². The van der Waals surface area contributed by atoms with Crippen molar-refractivity contribution in [2.75, 3.05) is 0 Å². The minimum absolute atomic E-state index is 0.00379. The standard InChI is InChI=1S/C18H17FN2O/c19-16-6-2-14(3-7-16)12-21-18(22)8-4-13-1-5-15-9-10-20-17(15)11-13/h1-3,5-7,9-11,20H,4,8,12H2,(H,21,22). The van der Waals surface area contributed by atoms with E-state index in [1.54, 1.807) is 12.1 Å². The number of H-pyrrole nitrogens is 1. The molecule has 0 spiro atoms. The molecule has 0 aliphatic heterocycles. The van der Waals surface area contributed by atoms with Crippen molar-refractivity contribution in [3.05, 3.63) is 71.7 Å². The number of hydrogen-bond donors (Lipinski definition) is 2. The van der Waals surface area contributed by atoms with Gasteiger partial charge >= 0.3 is 0 Å². The van der Waals surface area contributed by atoms with Gasteiger partial charge in [0.1, 0.15) is 5.82 Å². The number of carbonyl (C=O) groups excluding carboxylic acids is 1. The van der Waals surface area contributed by atoms with Crippen molar-refractivity contribution in [3.63, 3.8) is 0 Å². The Bertz CT molecular complexity index is 777. The van der Waals surface area contributed by atoms with E-state index in [0.717, 1.165) is 16.6 Å². The second-order valence-electron chi connectivity index (χ2n) is 5.30. The lowest BCUT2D eigenvalue weighted by Gasteiger charge is -2.06. The Morgan fingerprint density at radius 2 is 1.82 bits per heavy atom. The van der Waals surface area contributed by atoms with Crippen LogP contribution >= 0.6 is 0 Å². The van der Waals surface area contributed by atoms with Gasteiger partial charge in [0.05, 0.1) is 0 Å². The lowest BCUT2D eigenvalue weighted by molar-refractivity contribution is -0.121. The minimum atomic E-state index is -0.269. The van der Waals surface area contributed by atoms with E-state index >= 15 is 0 Å². The smallest absolute Gasteiger partial charge is 0.220 e. The SMILES string of the molecule is O=C(CCc1ccc2cc[nH]c2c1)NCc1ccc(F)cc1. The fourth-order valence-corrected chi connectivity index (χ4v) is 2.40. The molecule has 112 valence electrons. The first-order chi connectivity index (χ1) is 10.7. The van der Waals surface area contributed by atoms with E-state index in [0.29, 0.717) is 19.4 Å². The predicted octanol–water partition coefficient (Wildman–Crippen LogP) is 3.56. The van der Waals surface area contributed by atoms with Gasteiger partial charge in [-0.1, -0.05) is 24.3 Å². The highest BCUT2D eigenvalue weighted by Gasteiger charge is 2.04. The largest absolute Gasteiger partial charge is 0.361 e. The summed E-state index contributed by atoms with van der Waals surface area (Å²) in [6, 6.07) is 14.3. The van der Waals surface area contributed by atoms with Gasteiger partial charge in [0, 0.05) is 24.7 Å². The number of nitrogens with one attached hydrogen (secondary N) is 2. The molecule has 0 saturated carbocycles. The van der Waals surface area contributed by atoms with Crippen molar-refractivity contribution >= 4 is 16.8 Å². The summed E-state index contributed by atoms with van der Waals surface area (Å²) in [4.78, 5) is 15.0. The van der Waals surface area contributed by atoms with Crippen molar-refractivity contribution in [3.8, 4) is 0 Å². The zero-order valence-corrected chi connectivity index (χ0v) is 12.1. The fourth-order valence-electron chi connectivity index (χ4n) is 2.40. The van der Waals surface area contributed by atoms with Crippen molar-refractivity contribution in [2.45, 2.75) is 19.4 Å². The number of rotatable bonds is 5. The van der Waals surface area contributed by atoms with E-state index in [1.807, 2.05) is 18.3 Å². The molecule has 0 fully saturated rings. The molecule has 1 amide bonds. The van der Waals surface area contributed by atoms with Crippen LogP contribution in [0.1, 0.15) is 17.5 Å². The number of halogens is 1. The molecule has 3 rings (SSSR count). The maximum Gasteiger partial charge on any atom is 0.220 e. The van der Waals surface area contributed by atoms with Gasteiger partial charge in [-0.25, -0.2) is 4.39 Å². The quantitative estimate of drug-likeness (QED) is 0.743. The van der Waals surface area contributed by atoms with Crippen LogP contribution in [0.25, 0.3) is 10.9 Å². The van der Waals surface area contributed by atoms with Gasteiger partial charge in [-0.05, 0) is 47.2 Å². The number of carbonyl (C=O) groups is 1. The van der Waals surface area contributed by atoms with Crippen molar-refractivity contribution < 1.29 is 9.18 Å². The molecule has 0 atom stereocenters. The van der Waals surface area contributed by atoms with Crippen LogP contribution in [0.5, 0.6) is 0 Å². The summed E-state index contributed by atoms with van der Waals surface area (Å²) < 4.78 is 12.8. The molecule has 0 unspecified atom stereocenters. The Labute approximate surface area is 128 Å². The summed E-state index contributed by atoms with van der Waals surface area (Å²) in [7, 11) is 0. The molecule has 0 aliphatic carbocycles. The normalized spacial score (nSPS) is 10.8. The molecule has 2 N–H and O–H groups in total. The third kappa shape index (κ3) is 3.52.